The van der Waals surface area contributed by atoms with Crippen LogP contribution in [-0.4, -0.2) is 21.6 Å². The van der Waals surface area contributed by atoms with E-state index in [-0.39, 0.29) is 6.20 Å². The van der Waals surface area contributed by atoms with Gasteiger partial charge in [0.1, 0.15) is 0 Å². The lowest BCUT2D eigenvalue weighted by Gasteiger charge is -2.17. The average Bonchev–Trinajstić information content (AvgIpc) is 2.17. The summed E-state index contributed by atoms with van der Waals surface area (Å²) in [6.45, 7) is -1.43. The number of rotatable bonds is 2. The summed E-state index contributed by atoms with van der Waals surface area (Å²) in [5.41, 5.74) is -3.05. The maximum atomic E-state index is 12.4. The molecule has 0 bridgehead atoms. The summed E-state index contributed by atoms with van der Waals surface area (Å²) in [6.07, 6.45) is -10.2. The van der Waals surface area contributed by atoms with Crippen LogP contribution < -0.4 is 4.74 Å². The van der Waals surface area contributed by atoms with Gasteiger partial charge >= 0.3 is 12.5 Å². The number of pyridine rings is 1. The van der Waals surface area contributed by atoms with Crippen LogP contribution in [0.2, 0.25) is 0 Å². The number of alkyl halides is 6. The normalized spacial score (nSPS) is 12.6. The van der Waals surface area contributed by atoms with E-state index in [1.165, 1.54) is 0 Å². The number of nitrogens with zero attached hydrogens (tertiary/aromatic N) is 1. The molecule has 0 aliphatic rings. The average molecular weight is 277 g/mol. The molecule has 1 rings (SSSR count). The van der Waals surface area contributed by atoms with Gasteiger partial charge in [-0.25, -0.2) is 4.98 Å². The molecule has 1 aromatic heterocycles. The van der Waals surface area contributed by atoms with Crippen LogP contribution in [0, 0.1) is 0 Å². The second-order valence-electron chi connectivity index (χ2n) is 3.00. The molecule has 1 aromatic rings. The van der Waals surface area contributed by atoms with Gasteiger partial charge in [-0.2, -0.15) is 13.2 Å². The first kappa shape index (κ1) is 14.4. The van der Waals surface area contributed by atoms with Crippen LogP contribution in [-0.2, 0) is 12.8 Å². The summed E-state index contributed by atoms with van der Waals surface area (Å²) in [5, 5.41) is 17.7. The van der Waals surface area contributed by atoms with Crippen molar-refractivity contribution in [1.82, 2.24) is 4.98 Å². The Balaban J connectivity index is 3.40. The fourth-order valence-electron chi connectivity index (χ4n) is 1.14. The third-order valence-electron chi connectivity index (χ3n) is 1.75. The highest BCUT2D eigenvalue weighted by Gasteiger charge is 2.40. The maximum absolute atomic E-state index is 12.4. The molecule has 102 valence electrons. The predicted octanol–water partition coefficient (Wildman–Crippen LogP) is 2.20. The summed E-state index contributed by atoms with van der Waals surface area (Å²) >= 11 is 0. The van der Waals surface area contributed by atoms with Gasteiger partial charge in [0.2, 0.25) is 0 Å². The summed E-state index contributed by atoms with van der Waals surface area (Å²) in [7, 11) is 0. The third-order valence-corrected chi connectivity index (χ3v) is 1.75. The Kier molecular flexibility index (Phi) is 3.60. The van der Waals surface area contributed by atoms with Gasteiger partial charge in [0.15, 0.2) is 17.2 Å². The minimum Gasteiger partial charge on any atom is -0.503 e. The van der Waals surface area contributed by atoms with E-state index in [4.69, 9.17) is 10.2 Å². The van der Waals surface area contributed by atoms with Crippen LogP contribution in [0.25, 0.3) is 0 Å². The summed E-state index contributed by atoms with van der Waals surface area (Å²) in [4.78, 5) is 2.73. The lowest BCUT2D eigenvalue weighted by atomic mass is 10.1. The maximum Gasteiger partial charge on any atom is 0.573 e. The predicted molar refractivity (Wildman–Crippen MR) is 43.5 cm³/mol. The van der Waals surface area contributed by atoms with Gasteiger partial charge in [0.25, 0.3) is 0 Å². The molecule has 0 fully saturated rings. The molecule has 0 amide bonds. The number of hydrogen-bond acceptors (Lipinski definition) is 4. The molecular weight excluding hydrogens is 272 g/mol. The van der Waals surface area contributed by atoms with Crippen LogP contribution in [0.1, 0.15) is 11.3 Å². The molecule has 10 heteroatoms. The first-order chi connectivity index (χ1) is 8.06. The number of ether oxygens (including phenoxy) is 1. The quantitative estimate of drug-likeness (QED) is 0.813. The molecule has 0 unspecified atom stereocenters. The van der Waals surface area contributed by atoms with Crippen molar-refractivity contribution in [2.75, 3.05) is 0 Å². The van der Waals surface area contributed by atoms with Gasteiger partial charge in [-0.1, -0.05) is 0 Å². The highest BCUT2D eigenvalue weighted by Crippen LogP contribution is 2.40. The zero-order valence-corrected chi connectivity index (χ0v) is 8.30. The van der Waals surface area contributed by atoms with E-state index in [9.17, 15) is 26.3 Å². The molecule has 0 aliphatic heterocycles. The lowest BCUT2D eigenvalue weighted by molar-refractivity contribution is -0.275. The van der Waals surface area contributed by atoms with E-state index >= 15 is 0 Å². The second-order valence-corrected chi connectivity index (χ2v) is 3.00. The van der Waals surface area contributed by atoms with Crippen molar-refractivity contribution in [3.05, 3.63) is 17.5 Å². The van der Waals surface area contributed by atoms with Crippen molar-refractivity contribution in [2.24, 2.45) is 0 Å². The Morgan fingerprint density at radius 2 is 1.72 bits per heavy atom. The topological polar surface area (TPSA) is 62.6 Å². The first-order valence-corrected chi connectivity index (χ1v) is 4.21. The number of aromatic nitrogens is 1. The molecule has 0 atom stereocenters. The molecule has 0 saturated heterocycles. The monoisotopic (exact) mass is 277 g/mol. The van der Waals surface area contributed by atoms with Crippen LogP contribution in [0.4, 0.5) is 26.3 Å². The third kappa shape index (κ3) is 3.15. The van der Waals surface area contributed by atoms with Gasteiger partial charge in [-0.15, -0.1) is 13.2 Å². The fraction of sp³-hybridized carbons (Fsp3) is 0.375. The molecule has 0 spiro atoms. The fourth-order valence-corrected chi connectivity index (χ4v) is 1.14. The van der Waals surface area contributed by atoms with Gasteiger partial charge < -0.3 is 14.9 Å². The molecule has 4 nitrogen and oxygen atoms in total. The van der Waals surface area contributed by atoms with Gasteiger partial charge in [0.05, 0.1) is 18.4 Å². The standard InChI is InChI=1S/C8H5F6NO3/c9-7(10,11)6-3(2-16)5(4(17)1-15-6)18-8(12,13)14/h1,16-17H,2H2. The molecule has 0 aromatic carbocycles. The summed E-state index contributed by atoms with van der Waals surface area (Å²) in [6, 6.07) is 0. The van der Waals surface area contributed by atoms with Gasteiger partial charge in [-0.3, -0.25) is 0 Å². The Morgan fingerprint density at radius 1 is 1.17 bits per heavy atom. The number of aromatic hydroxyl groups is 1. The van der Waals surface area contributed by atoms with Crippen LogP contribution in [0.3, 0.4) is 0 Å². The van der Waals surface area contributed by atoms with Crippen molar-refractivity contribution in [2.45, 2.75) is 19.1 Å². The van der Waals surface area contributed by atoms with E-state index in [1.807, 2.05) is 0 Å². The molecule has 18 heavy (non-hydrogen) atoms. The van der Waals surface area contributed by atoms with Crippen molar-refractivity contribution in [1.29, 1.82) is 0 Å². The SMILES string of the molecule is OCc1c(C(F)(F)F)ncc(O)c1OC(F)(F)F. The Morgan fingerprint density at radius 3 is 2.11 bits per heavy atom. The number of aliphatic hydroxyl groups is 1. The molecule has 0 radical (unpaired) electrons. The van der Waals surface area contributed by atoms with Gasteiger partial charge in [0, 0.05) is 0 Å². The van der Waals surface area contributed by atoms with E-state index < -0.39 is 41.9 Å². The minimum atomic E-state index is -5.31. The zero-order valence-electron chi connectivity index (χ0n) is 8.30. The second kappa shape index (κ2) is 4.52. The van der Waals surface area contributed by atoms with E-state index in [2.05, 4.69) is 9.72 Å². The van der Waals surface area contributed by atoms with Crippen LogP contribution >= 0.6 is 0 Å². The molecule has 1 heterocycles. The molecule has 0 aliphatic carbocycles. The van der Waals surface area contributed by atoms with Crippen molar-refractivity contribution >= 4 is 0 Å². The Hall–Kier alpha value is -1.71. The minimum absolute atomic E-state index is 0.156. The zero-order chi connectivity index (χ0) is 14.1. The van der Waals surface area contributed by atoms with E-state index in [0.717, 1.165) is 0 Å². The summed E-state index contributed by atoms with van der Waals surface area (Å²) < 4.78 is 76.3. The number of halogens is 6. The Labute approximate surface area is 95.4 Å². The highest BCUT2D eigenvalue weighted by atomic mass is 19.4. The first-order valence-electron chi connectivity index (χ1n) is 4.21. The van der Waals surface area contributed by atoms with Crippen molar-refractivity contribution < 1.29 is 41.3 Å². The van der Waals surface area contributed by atoms with Crippen molar-refractivity contribution in [3.8, 4) is 11.5 Å². The largest absolute Gasteiger partial charge is 0.573 e. The van der Waals surface area contributed by atoms with Crippen LogP contribution in [0.5, 0.6) is 11.5 Å². The van der Waals surface area contributed by atoms with Crippen LogP contribution in [0.15, 0.2) is 6.20 Å². The van der Waals surface area contributed by atoms with E-state index in [1.54, 1.807) is 0 Å². The molecule has 0 saturated carbocycles. The summed E-state index contributed by atoms with van der Waals surface area (Å²) in [5.74, 6) is -2.78. The number of hydrogen-bond donors (Lipinski definition) is 2. The Bertz CT molecular complexity index is 442. The van der Waals surface area contributed by atoms with Gasteiger partial charge in [-0.05, 0) is 0 Å². The van der Waals surface area contributed by atoms with E-state index in [0.29, 0.717) is 0 Å². The molecular formula is C8H5F6NO3. The lowest BCUT2D eigenvalue weighted by Crippen LogP contribution is -2.20. The molecule has 2 N–H and O–H groups in total. The highest BCUT2D eigenvalue weighted by molar-refractivity contribution is 5.47. The smallest absolute Gasteiger partial charge is 0.503 e. The number of aliphatic hydroxyl groups excluding tert-OH is 1. The van der Waals surface area contributed by atoms with Crippen molar-refractivity contribution in [3.63, 3.8) is 0 Å².